The zero-order chi connectivity index (χ0) is 17.7. The Morgan fingerprint density at radius 2 is 1.33 bits per heavy atom. The van der Waals surface area contributed by atoms with Gasteiger partial charge in [-0.2, -0.15) is 26.3 Å². The largest absolute Gasteiger partial charge is 0.416 e. The van der Waals surface area contributed by atoms with Gasteiger partial charge in [0.2, 0.25) is 0 Å². The van der Waals surface area contributed by atoms with Gasteiger partial charge < -0.3 is 4.74 Å². The Balaban J connectivity index is 1.95. The Hall–Kier alpha value is -1.57. The third-order valence-electron chi connectivity index (χ3n) is 4.53. The number of Topliss-reactive ketones (excluding diaryl/α,β-unsaturated/α-hetero) is 1. The van der Waals surface area contributed by atoms with Gasteiger partial charge >= 0.3 is 12.4 Å². The molecule has 0 aromatic heterocycles. The summed E-state index contributed by atoms with van der Waals surface area (Å²) in [6.07, 6.45) is -7.96. The van der Waals surface area contributed by atoms with Crippen molar-refractivity contribution in [2.45, 2.75) is 50.2 Å². The van der Waals surface area contributed by atoms with E-state index in [9.17, 15) is 31.1 Å². The molecule has 132 valence electrons. The van der Waals surface area contributed by atoms with Crippen LogP contribution in [0.5, 0.6) is 0 Å². The molecule has 1 aromatic carbocycles. The molecule has 0 spiro atoms. The van der Waals surface area contributed by atoms with Crippen LogP contribution in [0.15, 0.2) is 18.2 Å². The van der Waals surface area contributed by atoms with E-state index < -0.39 is 40.7 Å². The number of hydrogen-bond donors (Lipinski definition) is 0. The van der Waals surface area contributed by atoms with E-state index in [1.54, 1.807) is 0 Å². The van der Waals surface area contributed by atoms with E-state index in [2.05, 4.69) is 0 Å². The van der Waals surface area contributed by atoms with E-state index in [1.807, 2.05) is 0 Å². The molecule has 0 N–H and O–H groups in total. The van der Waals surface area contributed by atoms with Crippen molar-refractivity contribution in [3.05, 3.63) is 34.9 Å². The van der Waals surface area contributed by atoms with Crippen molar-refractivity contribution >= 4 is 5.78 Å². The molecular formula is C16H14F6O2. The first-order valence-electron chi connectivity index (χ1n) is 7.53. The van der Waals surface area contributed by atoms with E-state index in [0.29, 0.717) is 25.0 Å². The van der Waals surface area contributed by atoms with Crippen molar-refractivity contribution in [3.8, 4) is 0 Å². The number of hydrogen-bond acceptors (Lipinski definition) is 2. The van der Waals surface area contributed by atoms with Crippen LogP contribution in [-0.4, -0.2) is 18.0 Å². The van der Waals surface area contributed by atoms with Crippen LogP contribution in [0.1, 0.15) is 47.2 Å². The Labute approximate surface area is 133 Å². The number of fused-ring (bicyclic) bond motifs is 2. The number of benzene rings is 1. The lowest BCUT2D eigenvalue weighted by Crippen LogP contribution is -2.30. The normalized spacial score (nSPS) is 27.3. The second kappa shape index (κ2) is 5.75. The molecule has 2 nitrogen and oxygen atoms in total. The zero-order valence-corrected chi connectivity index (χ0v) is 12.4. The molecule has 24 heavy (non-hydrogen) atoms. The average Bonchev–Trinajstić information content (AvgIpc) is 2.82. The highest BCUT2D eigenvalue weighted by molar-refractivity contribution is 5.98. The van der Waals surface area contributed by atoms with Crippen LogP contribution in [-0.2, 0) is 17.1 Å². The molecule has 0 amide bonds. The van der Waals surface area contributed by atoms with Gasteiger partial charge in [0.25, 0.3) is 0 Å². The highest BCUT2D eigenvalue weighted by Crippen LogP contribution is 2.40. The van der Waals surface area contributed by atoms with Gasteiger partial charge in [0, 0.05) is 11.5 Å². The number of ketones is 1. The summed E-state index contributed by atoms with van der Waals surface area (Å²) in [5.74, 6) is -1.27. The van der Waals surface area contributed by atoms with Gasteiger partial charge in [0.1, 0.15) is 0 Å². The van der Waals surface area contributed by atoms with Crippen LogP contribution < -0.4 is 0 Å². The van der Waals surface area contributed by atoms with Gasteiger partial charge in [-0.25, -0.2) is 0 Å². The minimum atomic E-state index is -4.95. The minimum absolute atomic E-state index is 0.0322. The summed E-state index contributed by atoms with van der Waals surface area (Å²) in [6, 6.07) is 1.05. The molecule has 2 aliphatic heterocycles. The Bertz CT molecular complexity index is 605. The standard InChI is InChI=1S/C16H14F6O2/c17-15(18,19)10-3-8(4-11(7-10)16(20,21)22)14(23)9-5-12-1-2-13(6-9)24-12/h3-4,7,9,12-13H,1-2,5-6H2. The van der Waals surface area contributed by atoms with Gasteiger partial charge in [0.15, 0.2) is 5.78 Å². The molecule has 0 saturated carbocycles. The minimum Gasteiger partial charge on any atom is -0.375 e. The maximum Gasteiger partial charge on any atom is 0.416 e. The molecule has 0 radical (unpaired) electrons. The predicted molar refractivity (Wildman–Crippen MR) is 71.4 cm³/mol. The van der Waals surface area contributed by atoms with Crippen molar-refractivity contribution in [3.63, 3.8) is 0 Å². The lowest BCUT2D eigenvalue weighted by Gasteiger charge is -2.27. The molecule has 3 rings (SSSR count). The average molecular weight is 352 g/mol. The van der Waals surface area contributed by atoms with Gasteiger partial charge in [-0.15, -0.1) is 0 Å². The van der Waals surface area contributed by atoms with Crippen molar-refractivity contribution in [2.75, 3.05) is 0 Å². The molecule has 1 aromatic rings. The van der Waals surface area contributed by atoms with Crippen LogP contribution in [0.3, 0.4) is 0 Å². The monoisotopic (exact) mass is 352 g/mol. The second-order valence-electron chi connectivity index (χ2n) is 6.28. The molecule has 0 aliphatic carbocycles. The number of alkyl halides is 6. The topological polar surface area (TPSA) is 26.3 Å². The second-order valence-corrected chi connectivity index (χ2v) is 6.28. The van der Waals surface area contributed by atoms with Crippen molar-refractivity contribution in [2.24, 2.45) is 5.92 Å². The maximum atomic E-state index is 12.9. The number of ether oxygens (including phenoxy) is 1. The molecule has 2 bridgehead atoms. The summed E-state index contributed by atoms with van der Waals surface area (Å²) in [6.45, 7) is 0. The number of carbonyl (C=O) groups excluding carboxylic acids is 1. The maximum absolute atomic E-state index is 12.9. The van der Waals surface area contributed by atoms with Crippen molar-refractivity contribution in [1.82, 2.24) is 0 Å². The molecule has 2 fully saturated rings. The van der Waals surface area contributed by atoms with Crippen molar-refractivity contribution < 1.29 is 35.9 Å². The first kappa shape index (κ1) is 17.3. The SMILES string of the molecule is O=C(c1cc(C(F)(F)F)cc(C(F)(F)F)c1)C1CC2CCC(C1)O2. The van der Waals surface area contributed by atoms with Crippen LogP contribution in [0.4, 0.5) is 26.3 Å². The fourth-order valence-electron chi connectivity index (χ4n) is 3.40. The summed E-state index contributed by atoms with van der Waals surface area (Å²) in [7, 11) is 0. The van der Waals surface area contributed by atoms with Gasteiger partial charge in [0.05, 0.1) is 23.3 Å². The van der Waals surface area contributed by atoms with Gasteiger partial charge in [-0.3, -0.25) is 4.79 Å². The van der Waals surface area contributed by atoms with Gasteiger partial charge in [-0.1, -0.05) is 0 Å². The first-order chi connectivity index (χ1) is 11.0. The third-order valence-corrected chi connectivity index (χ3v) is 4.53. The molecule has 2 unspecified atom stereocenters. The van der Waals surface area contributed by atoms with Crippen molar-refractivity contribution in [1.29, 1.82) is 0 Å². The van der Waals surface area contributed by atoms with Crippen LogP contribution in [0.2, 0.25) is 0 Å². The first-order valence-corrected chi connectivity index (χ1v) is 7.53. The summed E-state index contributed by atoms with van der Waals surface area (Å²) in [4.78, 5) is 12.5. The summed E-state index contributed by atoms with van der Waals surface area (Å²) >= 11 is 0. The van der Waals surface area contributed by atoms with Gasteiger partial charge in [-0.05, 0) is 43.9 Å². The Kier molecular flexibility index (Phi) is 4.14. The van der Waals surface area contributed by atoms with E-state index >= 15 is 0 Å². The number of halogens is 6. The summed E-state index contributed by atoms with van der Waals surface area (Å²) in [5.41, 5.74) is -3.46. The third kappa shape index (κ3) is 3.43. The van der Waals surface area contributed by atoms with Crippen LogP contribution in [0.25, 0.3) is 0 Å². The Morgan fingerprint density at radius 3 is 1.75 bits per heavy atom. The summed E-state index contributed by atoms with van der Waals surface area (Å²) < 4.78 is 82.8. The van der Waals surface area contributed by atoms with E-state index in [4.69, 9.17) is 4.74 Å². The number of carbonyl (C=O) groups is 1. The smallest absolute Gasteiger partial charge is 0.375 e. The molecule has 2 heterocycles. The van der Waals surface area contributed by atoms with Crippen LogP contribution >= 0.6 is 0 Å². The fraction of sp³-hybridized carbons (Fsp3) is 0.562. The molecule has 2 aliphatic rings. The Morgan fingerprint density at radius 1 is 0.875 bits per heavy atom. The quantitative estimate of drug-likeness (QED) is 0.561. The molecule has 2 atom stereocenters. The lowest BCUT2D eigenvalue weighted by atomic mass is 9.87. The van der Waals surface area contributed by atoms with Crippen LogP contribution in [0, 0.1) is 5.92 Å². The summed E-state index contributed by atoms with van der Waals surface area (Å²) in [5, 5.41) is 0. The fourth-order valence-corrected chi connectivity index (χ4v) is 3.40. The number of rotatable bonds is 2. The molecular weight excluding hydrogens is 338 g/mol. The highest BCUT2D eigenvalue weighted by atomic mass is 19.4. The predicted octanol–water partition coefficient (Wildman–Crippen LogP) is 4.86. The highest BCUT2D eigenvalue weighted by Gasteiger charge is 2.41. The van der Waals surface area contributed by atoms with E-state index in [-0.39, 0.29) is 18.3 Å². The molecule has 2 saturated heterocycles. The zero-order valence-electron chi connectivity index (χ0n) is 12.4. The molecule has 8 heteroatoms. The lowest BCUT2D eigenvalue weighted by molar-refractivity contribution is -0.143. The van der Waals surface area contributed by atoms with E-state index in [0.717, 1.165) is 12.8 Å². The van der Waals surface area contributed by atoms with E-state index in [1.165, 1.54) is 0 Å².